The fourth-order valence-electron chi connectivity index (χ4n) is 4.32. The van der Waals surface area contributed by atoms with Crippen LogP contribution in [-0.2, 0) is 14.3 Å². The lowest BCUT2D eigenvalue weighted by atomic mass is 9.68. The molecule has 2 aliphatic rings. The molecule has 0 bridgehead atoms. The molecule has 1 aliphatic heterocycles. The molecule has 168 valence electrons. The van der Waals surface area contributed by atoms with Crippen LogP contribution in [0.5, 0.6) is 5.75 Å². The van der Waals surface area contributed by atoms with E-state index in [4.69, 9.17) is 9.47 Å². The molecule has 0 saturated heterocycles. The summed E-state index contributed by atoms with van der Waals surface area (Å²) >= 11 is 5.28. The third-order valence-corrected chi connectivity index (χ3v) is 7.12. The highest BCUT2D eigenvalue weighted by atomic mass is 79.9. The lowest BCUT2D eigenvalue weighted by Crippen LogP contribution is -2.38. The molecule has 1 atom stereocenters. The van der Waals surface area contributed by atoms with Crippen LogP contribution >= 0.6 is 27.7 Å². The number of ether oxygens (including phenoxy) is 2. The monoisotopic (exact) mass is 507 g/mol. The maximum atomic E-state index is 13.3. The fraction of sp³-hybridized carbons (Fsp3) is 0.500. The minimum atomic E-state index is -0.464. The van der Waals surface area contributed by atoms with Gasteiger partial charge in [0.15, 0.2) is 5.78 Å². The molecule has 1 heterocycles. The topological polar surface area (TPSA) is 64.6 Å². The van der Waals surface area contributed by atoms with Crippen LogP contribution in [-0.4, -0.2) is 37.0 Å². The van der Waals surface area contributed by atoms with Gasteiger partial charge in [0.2, 0.25) is 0 Å². The summed E-state index contributed by atoms with van der Waals surface area (Å²) in [7, 11) is 1.61. The van der Waals surface area contributed by atoms with Crippen LogP contribution in [0.25, 0.3) is 0 Å². The molecule has 0 radical (unpaired) electrons. The zero-order valence-corrected chi connectivity index (χ0v) is 21.2. The molecule has 1 aromatic carbocycles. The maximum Gasteiger partial charge on any atom is 0.336 e. The Labute approximate surface area is 197 Å². The van der Waals surface area contributed by atoms with E-state index in [9.17, 15) is 9.59 Å². The van der Waals surface area contributed by atoms with E-state index in [1.807, 2.05) is 25.1 Å². The molecule has 7 heteroatoms. The predicted molar refractivity (Wildman–Crippen MR) is 128 cm³/mol. The molecular formula is C24H30BrNO4S. The number of dihydropyridines is 1. The Kier molecular flexibility index (Phi) is 7.58. The average molecular weight is 508 g/mol. The number of rotatable bonds is 7. The number of benzene rings is 1. The first-order valence-electron chi connectivity index (χ1n) is 10.5. The van der Waals surface area contributed by atoms with Crippen LogP contribution in [0.15, 0.2) is 45.2 Å². The molecule has 1 aromatic rings. The van der Waals surface area contributed by atoms with Crippen LogP contribution in [0, 0.1) is 5.41 Å². The highest BCUT2D eigenvalue weighted by Crippen LogP contribution is 2.47. The van der Waals surface area contributed by atoms with Crippen molar-refractivity contribution in [2.75, 3.05) is 25.2 Å². The van der Waals surface area contributed by atoms with Crippen molar-refractivity contribution < 1.29 is 19.1 Å². The van der Waals surface area contributed by atoms with Gasteiger partial charge in [0.25, 0.3) is 0 Å². The Morgan fingerprint density at radius 3 is 2.71 bits per heavy atom. The molecule has 0 saturated carbocycles. The molecule has 0 amide bonds. The number of thioether (sulfide) groups is 1. The van der Waals surface area contributed by atoms with Crippen LogP contribution < -0.4 is 10.1 Å². The number of nitrogens with one attached hydrogen (secondary N) is 1. The van der Waals surface area contributed by atoms with E-state index in [1.54, 1.807) is 18.9 Å². The van der Waals surface area contributed by atoms with Crippen LogP contribution in [0.1, 0.15) is 52.0 Å². The third-order valence-electron chi connectivity index (χ3n) is 5.63. The van der Waals surface area contributed by atoms with E-state index in [1.165, 1.54) is 0 Å². The van der Waals surface area contributed by atoms with Crippen molar-refractivity contribution in [2.24, 2.45) is 5.41 Å². The van der Waals surface area contributed by atoms with E-state index < -0.39 is 5.92 Å². The molecule has 31 heavy (non-hydrogen) atoms. The summed E-state index contributed by atoms with van der Waals surface area (Å²) in [5.74, 6) is 1.67. The zero-order chi connectivity index (χ0) is 22.8. The van der Waals surface area contributed by atoms with Crippen molar-refractivity contribution in [3.05, 3.63) is 50.8 Å². The molecule has 1 unspecified atom stereocenters. The number of hydrogen-bond donors (Lipinski definition) is 1. The molecule has 0 spiro atoms. The number of ketones is 1. The fourth-order valence-corrected chi connectivity index (χ4v) is 5.37. The first-order valence-corrected chi connectivity index (χ1v) is 12.5. The molecule has 1 aliphatic carbocycles. The third kappa shape index (κ3) is 5.20. The summed E-state index contributed by atoms with van der Waals surface area (Å²) in [5.41, 5.74) is 3.58. The van der Waals surface area contributed by atoms with Gasteiger partial charge in [0.05, 0.1) is 17.2 Å². The maximum absolute atomic E-state index is 13.3. The Balaban J connectivity index is 2.06. The Morgan fingerprint density at radius 1 is 1.32 bits per heavy atom. The van der Waals surface area contributed by atoms with Gasteiger partial charge in [0, 0.05) is 35.1 Å². The van der Waals surface area contributed by atoms with Gasteiger partial charge < -0.3 is 14.8 Å². The molecule has 0 aromatic heterocycles. The van der Waals surface area contributed by atoms with Crippen LogP contribution in [0.4, 0.5) is 0 Å². The molecule has 0 fully saturated rings. The van der Waals surface area contributed by atoms with Crippen LogP contribution in [0.3, 0.4) is 0 Å². The van der Waals surface area contributed by atoms with E-state index in [0.29, 0.717) is 29.9 Å². The van der Waals surface area contributed by atoms with Crippen LogP contribution in [0.2, 0.25) is 0 Å². The minimum Gasteiger partial charge on any atom is -0.496 e. The Hall–Kier alpha value is -1.73. The first kappa shape index (κ1) is 23.9. The highest BCUT2D eigenvalue weighted by Gasteiger charge is 2.43. The number of halogens is 1. The lowest BCUT2D eigenvalue weighted by molar-refractivity contribution is -0.138. The van der Waals surface area contributed by atoms with Gasteiger partial charge in [-0.05, 0) is 58.1 Å². The number of allylic oxidation sites excluding steroid dienone is 3. The Morgan fingerprint density at radius 2 is 2.06 bits per heavy atom. The highest BCUT2D eigenvalue weighted by molar-refractivity contribution is 9.10. The summed E-state index contributed by atoms with van der Waals surface area (Å²) in [6.07, 6.45) is 1.21. The summed E-state index contributed by atoms with van der Waals surface area (Å²) in [4.78, 5) is 26.5. The quantitative estimate of drug-likeness (QED) is 0.395. The molecular weight excluding hydrogens is 478 g/mol. The summed E-state index contributed by atoms with van der Waals surface area (Å²) in [6.45, 7) is 8.51. The van der Waals surface area contributed by atoms with Crippen molar-refractivity contribution in [1.29, 1.82) is 0 Å². The van der Waals surface area contributed by atoms with E-state index in [0.717, 1.165) is 39.4 Å². The van der Waals surface area contributed by atoms with E-state index >= 15 is 0 Å². The molecule has 1 N–H and O–H groups in total. The van der Waals surface area contributed by atoms with Gasteiger partial charge in [-0.2, -0.15) is 11.8 Å². The summed E-state index contributed by atoms with van der Waals surface area (Å²) in [5, 5.41) is 3.37. The number of carbonyl (C=O) groups is 2. The number of hydrogen-bond acceptors (Lipinski definition) is 6. The van der Waals surface area contributed by atoms with Crippen molar-refractivity contribution in [3.8, 4) is 5.75 Å². The molecule has 5 nitrogen and oxygen atoms in total. The van der Waals surface area contributed by atoms with Gasteiger partial charge in [0.1, 0.15) is 12.4 Å². The second kappa shape index (κ2) is 9.82. The van der Waals surface area contributed by atoms with Gasteiger partial charge in [-0.25, -0.2) is 4.79 Å². The van der Waals surface area contributed by atoms with E-state index in [2.05, 4.69) is 42.0 Å². The average Bonchev–Trinajstić information content (AvgIpc) is 2.69. The van der Waals surface area contributed by atoms with E-state index in [-0.39, 0.29) is 17.2 Å². The second-order valence-electron chi connectivity index (χ2n) is 8.66. The lowest BCUT2D eigenvalue weighted by Gasteiger charge is -2.39. The second-order valence-corrected chi connectivity index (χ2v) is 10.9. The summed E-state index contributed by atoms with van der Waals surface area (Å²) < 4.78 is 11.8. The van der Waals surface area contributed by atoms with Crippen molar-refractivity contribution >= 4 is 39.4 Å². The van der Waals surface area contributed by atoms with Gasteiger partial charge in [-0.15, -0.1) is 0 Å². The van der Waals surface area contributed by atoms with Crippen molar-refractivity contribution in [1.82, 2.24) is 5.32 Å². The standard InChI is InChI=1S/C24H30BrNO4S/c1-6-31-10-9-30-23(28)20-14(2)26-17-12-24(3,4)13-18(27)22(17)21(20)15-7-8-19(29-5)16(25)11-15/h7-8,11,21,26H,6,9-10,12-13H2,1-5H3. The number of carbonyl (C=O) groups excluding carboxylic acids is 2. The smallest absolute Gasteiger partial charge is 0.336 e. The predicted octanol–water partition coefficient (Wildman–Crippen LogP) is 5.36. The van der Waals surface area contributed by atoms with Gasteiger partial charge in [-0.1, -0.05) is 26.8 Å². The number of methoxy groups -OCH3 is 1. The zero-order valence-electron chi connectivity index (χ0n) is 18.8. The largest absolute Gasteiger partial charge is 0.496 e. The van der Waals surface area contributed by atoms with Gasteiger partial charge in [-0.3, -0.25) is 4.79 Å². The number of Topliss-reactive ketones (excluding diaryl/α,β-unsaturated/α-hetero) is 1. The Bertz CT molecular complexity index is 951. The van der Waals surface area contributed by atoms with Gasteiger partial charge >= 0.3 is 5.97 Å². The normalized spacial score (nSPS) is 20.3. The molecule has 3 rings (SSSR count). The van der Waals surface area contributed by atoms with Crippen molar-refractivity contribution in [2.45, 2.75) is 46.5 Å². The number of esters is 1. The minimum absolute atomic E-state index is 0.0787. The first-order chi connectivity index (χ1) is 14.7. The SMILES string of the molecule is CCSCCOC(=O)C1=C(C)NC2=C(C(=O)CC(C)(C)C2)C1c1ccc(OC)c(Br)c1. The van der Waals surface area contributed by atoms with Crippen molar-refractivity contribution in [3.63, 3.8) is 0 Å². The summed E-state index contributed by atoms with van der Waals surface area (Å²) in [6, 6.07) is 5.71.